The van der Waals surface area contributed by atoms with Gasteiger partial charge in [-0.1, -0.05) is 12.1 Å². The highest BCUT2D eigenvalue weighted by molar-refractivity contribution is 5.81. The summed E-state index contributed by atoms with van der Waals surface area (Å²) < 4.78 is 5.08. The fraction of sp³-hybridized carbons (Fsp3) is 0.429. The van der Waals surface area contributed by atoms with Crippen molar-refractivity contribution >= 4 is 11.9 Å². The zero-order chi connectivity index (χ0) is 14.0. The first kappa shape index (κ1) is 13.4. The molecule has 0 bridgehead atoms. The van der Waals surface area contributed by atoms with Gasteiger partial charge in [0, 0.05) is 13.5 Å². The predicted octanol–water partition coefficient (Wildman–Crippen LogP) is 1.69. The number of piperidine rings is 1. The second-order valence-electron chi connectivity index (χ2n) is 4.71. The number of carboxylic acids is 1. The highest BCUT2D eigenvalue weighted by atomic mass is 16.5. The first-order valence-electron chi connectivity index (χ1n) is 6.17. The summed E-state index contributed by atoms with van der Waals surface area (Å²) >= 11 is 0. The zero-order valence-corrected chi connectivity index (χ0v) is 11.0. The lowest BCUT2D eigenvalue weighted by Gasteiger charge is -2.37. The van der Waals surface area contributed by atoms with Gasteiger partial charge >= 0.3 is 5.97 Å². The summed E-state index contributed by atoms with van der Waals surface area (Å²) in [7, 11) is 3.23. The molecule has 1 amide bonds. The van der Waals surface area contributed by atoms with Crippen molar-refractivity contribution in [2.75, 3.05) is 14.2 Å². The average Bonchev–Trinajstić information content (AvgIpc) is 2.41. The van der Waals surface area contributed by atoms with Gasteiger partial charge in [-0.05, 0) is 24.1 Å². The van der Waals surface area contributed by atoms with E-state index in [2.05, 4.69) is 0 Å². The van der Waals surface area contributed by atoms with Crippen molar-refractivity contribution in [3.05, 3.63) is 29.8 Å². The first-order chi connectivity index (χ1) is 9.04. The Morgan fingerprint density at radius 1 is 1.37 bits per heavy atom. The Labute approximate surface area is 111 Å². The third-order valence-corrected chi connectivity index (χ3v) is 3.64. The van der Waals surface area contributed by atoms with Crippen LogP contribution in [0.25, 0.3) is 0 Å². The molecule has 1 fully saturated rings. The number of methoxy groups -OCH3 is 1. The number of carbonyl (C=O) groups excluding carboxylic acids is 1. The summed E-state index contributed by atoms with van der Waals surface area (Å²) in [5.41, 5.74) is 0.823. The summed E-state index contributed by atoms with van der Waals surface area (Å²) in [6, 6.07) is 6.77. The van der Waals surface area contributed by atoms with Crippen molar-refractivity contribution in [1.82, 2.24) is 4.90 Å². The molecule has 0 spiro atoms. The van der Waals surface area contributed by atoms with Crippen molar-refractivity contribution in [3.8, 4) is 5.75 Å². The molecule has 1 heterocycles. The number of nitrogens with zero attached hydrogens (tertiary/aromatic N) is 1. The maximum Gasteiger partial charge on any atom is 0.308 e. The van der Waals surface area contributed by atoms with E-state index in [1.807, 2.05) is 12.1 Å². The minimum absolute atomic E-state index is 0.0154. The molecule has 2 rings (SSSR count). The zero-order valence-electron chi connectivity index (χ0n) is 11.0. The van der Waals surface area contributed by atoms with Crippen LogP contribution in [0.15, 0.2) is 24.3 Å². The topological polar surface area (TPSA) is 66.8 Å². The molecular weight excluding hydrogens is 246 g/mol. The van der Waals surface area contributed by atoms with Gasteiger partial charge in [-0.3, -0.25) is 9.59 Å². The van der Waals surface area contributed by atoms with Crippen LogP contribution in [0.5, 0.6) is 5.75 Å². The van der Waals surface area contributed by atoms with Crippen LogP contribution in [-0.2, 0) is 9.59 Å². The van der Waals surface area contributed by atoms with Gasteiger partial charge in [0.2, 0.25) is 5.91 Å². The number of aliphatic carboxylic acids is 1. The smallest absolute Gasteiger partial charge is 0.308 e. The van der Waals surface area contributed by atoms with E-state index in [0.717, 1.165) is 5.56 Å². The van der Waals surface area contributed by atoms with E-state index in [1.54, 1.807) is 26.3 Å². The highest BCUT2D eigenvalue weighted by Crippen LogP contribution is 2.36. The van der Waals surface area contributed by atoms with Gasteiger partial charge in [0.25, 0.3) is 0 Å². The molecule has 102 valence electrons. The quantitative estimate of drug-likeness (QED) is 0.901. The Bertz CT molecular complexity index is 483. The minimum Gasteiger partial charge on any atom is -0.497 e. The lowest BCUT2D eigenvalue weighted by molar-refractivity contribution is -0.150. The third-order valence-electron chi connectivity index (χ3n) is 3.64. The molecule has 1 aromatic rings. The average molecular weight is 263 g/mol. The Morgan fingerprint density at radius 3 is 2.53 bits per heavy atom. The van der Waals surface area contributed by atoms with E-state index in [9.17, 15) is 14.7 Å². The van der Waals surface area contributed by atoms with E-state index in [0.29, 0.717) is 18.6 Å². The molecule has 1 N–H and O–H groups in total. The number of hydrogen-bond acceptors (Lipinski definition) is 3. The van der Waals surface area contributed by atoms with Crippen LogP contribution in [0.2, 0.25) is 0 Å². The predicted molar refractivity (Wildman–Crippen MR) is 68.9 cm³/mol. The number of likely N-dealkylation sites (tertiary alicyclic amines) is 1. The van der Waals surface area contributed by atoms with Gasteiger partial charge in [-0.15, -0.1) is 0 Å². The first-order valence-corrected chi connectivity index (χ1v) is 6.17. The van der Waals surface area contributed by atoms with Crippen LogP contribution in [0.1, 0.15) is 24.4 Å². The number of hydrogen-bond donors (Lipinski definition) is 1. The van der Waals surface area contributed by atoms with Crippen LogP contribution in [0.4, 0.5) is 0 Å². The minimum atomic E-state index is -0.861. The highest BCUT2D eigenvalue weighted by Gasteiger charge is 2.38. The fourth-order valence-electron chi connectivity index (χ4n) is 2.55. The molecule has 1 aliphatic rings. The molecule has 19 heavy (non-hydrogen) atoms. The SMILES string of the molecule is COc1ccc(C2C(C(=O)O)CCC(=O)N2C)cc1. The largest absolute Gasteiger partial charge is 0.497 e. The summed E-state index contributed by atoms with van der Waals surface area (Å²) in [6.07, 6.45) is 0.676. The van der Waals surface area contributed by atoms with Gasteiger partial charge in [0.1, 0.15) is 5.75 Å². The number of ether oxygens (including phenoxy) is 1. The summed E-state index contributed by atoms with van der Waals surface area (Å²) in [4.78, 5) is 24.7. The monoisotopic (exact) mass is 263 g/mol. The van der Waals surface area contributed by atoms with Gasteiger partial charge in [0.15, 0.2) is 0 Å². The number of rotatable bonds is 3. The van der Waals surface area contributed by atoms with Gasteiger partial charge < -0.3 is 14.7 Å². The van der Waals surface area contributed by atoms with Crippen LogP contribution < -0.4 is 4.74 Å². The Balaban J connectivity index is 2.34. The third kappa shape index (κ3) is 2.54. The molecule has 0 aliphatic carbocycles. The molecule has 2 atom stereocenters. The normalized spacial score (nSPS) is 23.3. The number of benzene rings is 1. The van der Waals surface area contributed by atoms with E-state index in [4.69, 9.17) is 4.74 Å². The van der Waals surface area contributed by atoms with Crippen LogP contribution in [0.3, 0.4) is 0 Å². The lowest BCUT2D eigenvalue weighted by atomic mass is 9.84. The van der Waals surface area contributed by atoms with Crippen molar-refractivity contribution in [2.24, 2.45) is 5.92 Å². The van der Waals surface area contributed by atoms with Crippen molar-refractivity contribution in [1.29, 1.82) is 0 Å². The summed E-state index contributed by atoms with van der Waals surface area (Å²) in [6.45, 7) is 0. The molecule has 2 unspecified atom stereocenters. The number of carbonyl (C=O) groups is 2. The van der Waals surface area contributed by atoms with E-state index in [-0.39, 0.29) is 5.91 Å². The second kappa shape index (κ2) is 5.30. The molecule has 1 aromatic carbocycles. The van der Waals surface area contributed by atoms with Crippen LogP contribution in [-0.4, -0.2) is 36.0 Å². The number of carboxylic acid groups (broad SMARTS) is 1. The maximum atomic E-state index is 11.8. The van der Waals surface area contributed by atoms with Crippen LogP contribution in [0, 0.1) is 5.92 Å². The Hall–Kier alpha value is -2.04. The van der Waals surface area contributed by atoms with Gasteiger partial charge in [-0.25, -0.2) is 0 Å². The Kier molecular flexibility index (Phi) is 3.74. The van der Waals surface area contributed by atoms with Crippen molar-refractivity contribution in [3.63, 3.8) is 0 Å². The molecule has 0 saturated carbocycles. The lowest BCUT2D eigenvalue weighted by Crippen LogP contribution is -2.42. The Morgan fingerprint density at radius 2 is 2.00 bits per heavy atom. The van der Waals surface area contributed by atoms with E-state index < -0.39 is 17.9 Å². The molecule has 5 heteroatoms. The van der Waals surface area contributed by atoms with Crippen molar-refractivity contribution < 1.29 is 19.4 Å². The molecule has 1 aliphatic heterocycles. The van der Waals surface area contributed by atoms with Crippen molar-refractivity contribution in [2.45, 2.75) is 18.9 Å². The summed E-state index contributed by atoms with van der Waals surface area (Å²) in [5.74, 6) is -0.727. The van der Waals surface area contributed by atoms with E-state index >= 15 is 0 Å². The maximum absolute atomic E-state index is 11.8. The summed E-state index contributed by atoms with van der Waals surface area (Å²) in [5, 5.41) is 9.31. The van der Waals surface area contributed by atoms with Gasteiger partial charge in [0.05, 0.1) is 19.1 Å². The molecule has 0 radical (unpaired) electrons. The number of amides is 1. The molecular formula is C14H17NO4. The molecule has 1 saturated heterocycles. The van der Waals surface area contributed by atoms with E-state index in [1.165, 1.54) is 4.90 Å². The molecule has 5 nitrogen and oxygen atoms in total. The molecule has 0 aromatic heterocycles. The fourth-order valence-corrected chi connectivity index (χ4v) is 2.55. The van der Waals surface area contributed by atoms with Gasteiger partial charge in [-0.2, -0.15) is 0 Å². The second-order valence-corrected chi connectivity index (χ2v) is 4.71. The standard InChI is InChI=1S/C14H17NO4/c1-15-12(16)8-7-11(14(17)18)13(15)9-3-5-10(19-2)6-4-9/h3-6,11,13H,7-8H2,1-2H3,(H,17,18). The van der Waals surface area contributed by atoms with Crippen LogP contribution >= 0.6 is 0 Å².